The van der Waals surface area contributed by atoms with Gasteiger partial charge in [-0.05, 0) is 43.3 Å². The molecule has 3 aliphatic heterocycles. The number of halogens is 1. The predicted octanol–water partition coefficient (Wildman–Crippen LogP) is 2.89. The van der Waals surface area contributed by atoms with Gasteiger partial charge >= 0.3 is 0 Å². The lowest BCUT2D eigenvalue weighted by Gasteiger charge is -2.49. The fraction of sp³-hybridized carbons (Fsp3) is 0.458. The summed E-state index contributed by atoms with van der Waals surface area (Å²) in [6.07, 6.45) is 0.541. The van der Waals surface area contributed by atoms with E-state index < -0.39 is 0 Å². The average molecular weight is 470 g/mol. The molecule has 1 amide bonds. The molecule has 0 saturated carbocycles. The molecule has 0 aliphatic carbocycles. The minimum absolute atomic E-state index is 0.0798. The number of hydrogen-bond donors (Lipinski definition) is 0. The first-order chi connectivity index (χ1) is 15.9. The van der Waals surface area contributed by atoms with E-state index in [4.69, 9.17) is 11.6 Å². The van der Waals surface area contributed by atoms with Crippen LogP contribution in [0.3, 0.4) is 0 Å². The zero-order chi connectivity index (χ0) is 23.1. The molecule has 2 aromatic rings. The smallest absolute Gasteiger partial charge is 0.269 e. The summed E-state index contributed by atoms with van der Waals surface area (Å²) in [6.45, 7) is 5.38. The molecule has 0 N–H and O–H groups in total. The van der Waals surface area contributed by atoms with Gasteiger partial charge in [0, 0.05) is 74.3 Å². The highest BCUT2D eigenvalue weighted by Gasteiger charge is 2.43. The maximum Gasteiger partial charge on any atom is 0.269 e. The first-order valence-corrected chi connectivity index (χ1v) is 11.8. The molecule has 0 unspecified atom stereocenters. The van der Waals surface area contributed by atoms with E-state index in [-0.39, 0.29) is 28.5 Å². The Kier molecular flexibility index (Phi) is 5.88. The first kappa shape index (κ1) is 22.0. The van der Waals surface area contributed by atoms with Gasteiger partial charge < -0.3 is 19.6 Å². The fourth-order valence-corrected chi connectivity index (χ4v) is 5.63. The zero-order valence-corrected chi connectivity index (χ0v) is 19.4. The maximum absolute atomic E-state index is 13.7. The standard InChI is InChI=1S/C24H28ClN5O3/c1-26-7-12-29-22-6-5-20(30(32)33)13-17(22)14-21(23(29)16-26)24(31)28-10-8-27(9-11-28)19-4-2-3-18(25)15-19/h2-6,13,15,21,23H,7-12,14,16H2,1H3/t21-,23+/m0/s1. The molecule has 0 aromatic heterocycles. The summed E-state index contributed by atoms with van der Waals surface area (Å²) in [6, 6.07) is 13.0. The number of piperazine rings is 2. The molecule has 8 nitrogen and oxygen atoms in total. The number of anilines is 2. The summed E-state index contributed by atoms with van der Waals surface area (Å²) in [4.78, 5) is 33.5. The van der Waals surface area contributed by atoms with Crippen molar-refractivity contribution in [1.29, 1.82) is 0 Å². The van der Waals surface area contributed by atoms with E-state index in [9.17, 15) is 14.9 Å². The number of hydrogen-bond acceptors (Lipinski definition) is 6. The largest absolute Gasteiger partial charge is 0.368 e. The van der Waals surface area contributed by atoms with E-state index in [2.05, 4.69) is 21.7 Å². The highest BCUT2D eigenvalue weighted by atomic mass is 35.5. The Hall–Kier alpha value is -2.84. The van der Waals surface area contributed by atoms with Gasteiger partial charge in [-0.3, -0.25) is 14.9 Å². The van der Waals surface area contributed by atoms with Crippen LogP contribution >= 0.6 is 11.6 Å². The minimum atomic E-state index is -0.359. The molecule has 2 fully saturated rings. The lowest BCUT2D eigenvalue weighted by atomic mass is 9.82. The van der Waals surface area contributed by atoms with Crippen LogP contribution < -0.4 is 9.80 Å². The number of carbonyl (C=O) groups excluding carboxylic acids is 1. The fourth-order valence-electron chi connectivity index (χ4n) is 5.44. The van der Waals surface area contributed by atoms with Crippen molar-refractivity contribution in [2.45, 2.75) is 12.5 Å². The molecule has 3 heterocycles. The molecule has 2 saturated heterocycles. The van der Waals surface area contributed by atoms with Gasteiger partial charge in [-0.15, -0.1) is 0 Å². The number of nitrogens with zero attached hydrogens (tertiary/aromatic N) is 5. The molecule has 2 atom stereocenters. The summed E-state index contributed by atoms with van der Waals surface area (Å²) in [7, 11) is 2.09. The van der Waals surface area contributed by atoms with Crippen LogP contribution in [0, 0.1) is 16.0 Å². The quantitative estimate of drug-likeness (QED) is 0.508. The van der Waals surface area contributed by atoms with Crippen LogP contribution in [0.4, 0.5) is 17.1 Å². The van der Waals surface area contributed by atoms with Crippen molar-refractivity contribution >= 4 is 34.6 Å². The average Bonchev–Trinajstić information content (AvgIpc) is 2.82. The summed E-state index contributed by atoms with van der Waals surface area (Å²) in [5.41, 5.74) is 3.10. The van der Waals surface area contributed by atoms with Crippen LogP contribution in [-0.2, 0) is 11.2 Å². The normalized spacial score (nSPS) is 23.2. The first-order valence-electron chi connectivity index (χ1n) is 11.4. The third-order valence-corrected chi connectivity index (χ3v) is 7.43. The zero-order valence-electron chi connectivity index (χ0n) is 18.7. The SMILES string of the molecule is CN1CCN2c3ccc([N+](=O)[O-])cc3C[C@H](C(=O)N3CCN(c4cccc(Cl)c4)CC3)[C@H]2C1. The van der Waals surface area contributed by atoms with Gasteiger partial charge in [0.05, 0.1) is 16.9 Å². The molecule has 9 heteroatoms. The van der Waals surface area contributed by atoms with Crippen molar-refractivity contribution in [1.82, 2.24) is 9.80 Å². The number of non-ortho nitro benzene ring substituents is 1. The Balaban J connectivity index is 1.36. The topological polar surface area (TPSA) is 73.2 Å². The van der Waals surface area contributed by atoms with E-state index in [1.807, 2.05) is 35.2 Å². The minimum Gasteiger partial charge on any atom is -0.368 e. The third-order valence-electron chi connectivity index (χ3n) is 7.19. The Morgan fingerprint density at radius 1 is 1.06 bits per heavy atom. The van der Waals surface area contributed by atoms with Crippen LogP contribution in [-0.4, -0.2) is 79.5 Å². The van der Waals surface area contributed by atoms with Gasteiger partial charge in [-0.1, -0.05) is 17.7 Å². The molecule has 0 radical (unpaired) electrons. The van der Waals surface area contributed by atoms with Crippen molar-refractivity contribution < 1.29 is 9.72 Å². The summed E-state index contributed by atoms with van der Waals surface area (Å²) < 4.78 is 0. The number of nitro groups is 1. The molecule has 5 rings (SSSR count). The van der Waals surface area contributed by atoms with E-state index >= 15 is 0 Å². The highest BCUT2D eigenvalue weighted by molar-refractivity contribution is 6.30. The number of likely N-dealkylation sites (N-methyl/N-ethyl adjacent to an activating group) is 1. The number of carbonyl (C=O) groups is 1. The summed E-state index contributed by atoms with van der Waals surface area (Å²) >= 11 is 6.15. The van der Waals surface area contributed by atoms with Crippen LogP contribution in [0.15, 0.2) is 42.5 Å². The van der Waals surface area contributed by atoms with E-state index in [0.717, 1.165) is 49.7 Å². The number of rotatable bonds is 3. The van der Waals surface area contributed by atoms with Crippen molar-refractivity contribution in [2.75, 3.05) is 62.7 Å². The molecule has 2 aromatic carbocycles. The number of fused-ring (bicyclic) bond motifs is 3. The Labute approximate surface area is 198 Å². The number of nitro benzene ring substituents is 1. The lowest BCUT2D eigenvalue weighted by Crippen LogP contribution is -2.61. The summed E-state index contributed by atoms with van der Waals surface area (Å²) in [5.74, 6) is -0.0526. The monoisotopic (exact) mass is 469 g/mol. The molecular weight excluding hydrogens is 442 g/mol. The Bertz CT molecular complexity index is 1070. The van der Waals surface area contributed by atoms with Crippen molar-refractivity contribution in [2.24, 2.45) is 5.92 Å². The van der Waals surface area contributed by atoms with Crippen LogP contribution in [0.2, 0.25) is 5.02 Å². The van der Waals surface area contributed by atoms with Crippen LogP contribution in [0.25, 0.3) is 0 Å². The van der Waals surface area contributed by atoms with Gasteiger partial charge in [0.15, 0.2) is 0 Å². The van der Waals surface area contributed by atoms with Gasteiger partial charge in [-0.25, -0.2) is 0 Å². The molecule has 0 spiro atoms. The molecule has 0 bridgehead atoms. The van der Waals surface area contributed by atoms with Gasteiger partial charge in [-0.2, -0.15) is 0 Å². The Morgan fingerprint density at radius 2 is 1.85 bits per heavy atom. The molecular formula is C24H28ClN5O3. The van der Waals surface area contributed by atoms with Gasteiger partial charge in [0.2, 0.25) is 5.91 Å². The van der Waals surface area contributed by atoms with Gasteiger partial charge in [0.25, 0.3) is 5.69 Å². The number of amides is 1. The predicted molar refractivity (Wildman–Crippen MR) is 129 cm³/mol. The lowest BCUT2D eigenvalue weighted by molar-refractivity contribution is -0.384. The summed E-state index contributed by atoms with van der Waals surface area (Å²) in [5, 5.41) is 12.1. The van der Waals surface area contributed by atoms with Crippen molar-refractivity contribution in [3.05, 3.63) is 63.2 Å². The maximum atomic E-state index is 13.7. The highest BCUT2D eigenvalue weighted by Crippen LogP contribution is 2.38. The van der Waals surface area contributed by atoms with Crippen molar-refractivity contribution in [3.63, 3.8) is 0 Å². The van der Waals surface area contributed by atoms with Crippen LogP contribution in [0.1, 0.15) is 5.56 Å². The molecule has 33 heavy (non-hydrogen) atoms. The van der Waals surface area contributed by atoms with Crippen molar-refractivity contribution in [3.8, 4) is 0 Å². The van der Waals surface area contributed by atoms with Crippen LogP contribution in [0.5, 0.6) is 0 Å². The third kappa shape index (κ3) is 4.25. The second kappa shape index (κ2) is 8.83. The number of benzene rings is 2. The Morgan fingerprint density at radius 3 is 2.58 bits per heavy atom. The van der Waals surface area contributed by atoms with E-state index in [0.29, 0.717) is 24.5 Å². The van der Waals surface area contributed by atoms with E-state index in [1.54, 1.807) is 12.1 Å². The molecule has 3 aliphatic rings. The van der Waals surface area contributed by atoms with Gasteiger partial charge in [0.1, 0.15) is 0 Å². The molecule has 174 valence electrons. The second-order valence-corrected chi connectivity index (χ2v) is 9.63. The van der Waals surface area contributed by atoms with E-state index in [1.165, 1.54) is 0 Å². The second-order valence-electron chi connectivity index (χ2n) is 9.20.